The van der Waals surface area contributed by atoms with E-state index in [0.29, 0.717) is 17.4 Å². The second-order valence-electron chi connectivity index (χ2n) is 6.23. The van der Waals surface area contributed by atoms with E-state index < -0.39 is 21.7 Å². The van der Waals surface area contributed by atoms with Crippen LogP contribution < -0.4 is 4.72 Å². The Morgan fingerprint density at radius 2 is 1.89 bits per heavy atom. The van der Waals surface area contributed by atoms with E-state index in [1.807, 2.05) is 0 Å². The summed E-state index contributed by atoms with van der Waals surface area (Å²) in [7, 11) is -2.51. The van der Waals surface area contributed by atoms with Crippen LogP contribution in [-0.2, 0) is 21.2 Å². The van der Waals surface area contributed by atoms with Crippen molar-refractivity contribution in [2.75, 3.05) is 18.1 Å². The van der Waals surface area contributed by atoms with Crippen LogP contribution in [0, 0.1) is 5.82 Å². The standard InChI is InChI=1S/C19H17FN2O5S/c1-27-19(24)15-9-16(22-28(2,25)26)14-8-12(10-21-17(14)18(15)23)7-11-3-5-13(20)6-4-11/h3-6,8-10,22-23H,7H2,1-2H3. The quantitative estimate of drug-likeness (QED) is 0.500. The molecule has 2 aromatic carbocycles. The maximum absolute atomic E-state index is 13.1. The van der Waals surface area contributed by atoms with Crippen LogP contribution in [0.15, 0.2) is 42.6 Å². The number of sulfonamides is 1. The third-order valence-electron chi connectivity index (χ3n) is 4.02. The summed E-state index contributed by atoms with van der Waals surface area (Å²) in [4.78, 5) is 16.1. The summed E-state index contributed by atoms with van der Waals surface area (Å²) in [5.41, 5.74) is 1.47. The normalized spacial score (nSPS) is 11.4. The molecule has 146 valence electrons. The summed E-state index contributed by atoms with van der Waals surface area (Å²) >= 11 is 0. The van der Waals surface area contributed by atoms with Crippen LogP contribution in [0.1, 0.15) is 21.5 Å². The van der Waals surface area contributed by atoms with Gasteiger partial charge >= 0.3 is 5.97 Å². The van der Waals surface area contributed by atoms with E-state index in [1.54, 1.807) is 18.2 Å². The Balaban J connectivity index is 2.15. The molecule has 1 aromatic heterocycles. The molecule has 0 aliphatic carbocycles. The van der Waals surface area contributed by atoms with Gasteiger partial charge in [-0.25, -0.2) is 17.6 Å². The van der Waals surface area contributed by atoms with Crippen LogP contribution in [0.2, 0.25) is 0 Å². The first-order chi connectivity index (χ1) is 13.2. The van der Waals surface area contributed by atoms with Crippen molar-refractivity contribution in [2.24, 2.45) is 0 Å². The van der Waals surface area contributed by atoms with Crippen LogP contribution in [0.5, 0.6) is 5.75 Å². The van der Waals surface area contributed by atoms with Crippen molar-refractivity contribution >= 4 is 32.6 Å². The summed E-state index contributed by atoms with van der Waals surface area (Å²) in [5.74, 6) is -1.58. The highest BCUT2D eigenvalue weighted by atomic mass is 32.2. The molecular formula is C19H17FN2O5S. The van der Waals surface area contributed by atoms with E-state index in [2.05, 4.69) is 14.4 Å². The van der Waals surface area contributed by atoms with Gasteiger partial charge in [0.15, 0.2) is 5.75 Å². The van der Waals surface area contributed by atoms with E-state index in [4.69, 9.17) is 0 Å². The van der Waals surface area contributed by atoms with Crippen molar-refractivity contribution < 1.29 is 27.4 Å². The first kappa shape index (κ1) is 19.6. The number of methoxy groups -OCH3 is 1. The molecule has 9 heteroatoms. The fourth-order valence-electron chi connectivity index (χ4n) is 2.80. The summed E-state index contributed by atoms with van der Waals surface area (Å²) in [6.45, 7) is 0. The number of aromatic hydroxyl groups is 1. The van der Waals surface area contributed by atoms with Gasteiger partial charge in [0.05, 0.1) is 19.1 Å². The van der Waals surface area contributed by atoms with Crippen LogP contribution in [-0.4, -0.2) is 37.8 Å². The molecule has 0 fully saturated rings. The number of phenolic OH excluding ortho intramolecular Hbond substituents is 1. The number of nitrogens with zero attached hydrogens (tertiary/aromatic N) is 1. The lowest BCUT2D eigenvalue weighted by molar-refractivity contribution is 0.0597. The fourth-order valence-corrected chi connectivity index (χ4v) is 3.37. The predicted molar refractivity (Wildman–Crippen MR) is 102 cm³/mol. The molecule has 3 rings (SSSR count). The zero-order chi connectivity index (χ0) is 20.5. The van der Waals surface area contributed by atoms with Crippen LogP contribution in [0.25, 0.3) is 10.9 Å². The number of nitrogens with one attached hydrogen (secondary N) is 1. The Morgan fingerprint density at radius 3 is 2.50 bits per heavy atom. The molecule has 0 spiro atoms. The second kappa shape index (κ2) is 7.43. The Kier molecular flexibility index (Phi) is 5.19. The lowest BCUT2D eigenvalue weighted by Gasteiger charge is -2.13. The number of rotatable bonds is 5. The van der Waals surface area contributed by atoms with Gasteiger partial charge in [-0.3, -0.25) is 9.71 Å². The number of fused-ring (bicyclic) bond motifs is 1. The summed E-state index contributed by atoms with van der Waals surface area (Å²) < 4.78 is 43.5. The van der Waals surface area contributed by atoms with Crippen molar-refractivity contribution in [3.63, 3.8) is 0 Å². The minimum Gasteiger partial charge on any atom is -0.505 e. The van der Waals surface area contributed by atoms with Gasteiger partial charge in [0.25, 0.3) is 0 Å². The number of hydrogen-bond donors (Lipinski definition) is 2. The average Bonchev–Trinajstić information content (AvgIpc) is 2.64. The number of aromatic nitrogens is 1. The van der Waals surface area contributed by atoms with Gasteiger partial charge in [-0.2, -0.15) is 0 Å². The third-order valence-corrected chi connectivity index (χ3v) is 4.62. The molecule has 0 amide bonds. The molecule has 3 aromatic rings. The van der Waals surface area contributed by atoms with Gasteiger partial charge in [0, 0.05) is 11.6 Å². The smallest absolute Gasteiger partial charge is 0.341 e. The first-order valence-corrected chi connectivity index (χ1v) is 10.0. The summed E-state index contributed by atoms with van der Waals surface area (Å²) in [6, 6.07) is 8.80. The number of esters is 1. The maximum atomic E-state index is 13.1. The molecule has 0 atom stereocenters. The maximum Gasteiger partial charge on any atom is 0.341 e. The molecule has 0 radical (unpaired) electrons. The van der Waals surface area contributed by atoms with Crippen LogP contribution in [0.3, 0.4) is 0 Å². The number of phenols is 1. The Morgan fingerprint density at radius 1 is 1.21 bits per heavy atom. The zero-order valence-electron chi connectivity index (χ0n) is 15.1. The van der Waals surface area contributed by atoms with E-state index >= 15 is 0 Å². The topological polar surface area (TPSA) is 106 Å². The molecule has 1 heterocycles. The lowest BCUT2D eigenvalue weighted by Crippen LogP contribution is -2.12. The van der Waals surface area contributed by atoms with Gasteiger partial charge in [-0.1, -0.05) is 12.1 Å². The average molecular weight is 404 g/mol. The summed E-state index contributed by atoms with van der Waals surface area (Å²) in [6.07, 6.45) is 2.89. The van der Waals surface area contributed by atoms with Crippen molar-refractivity contribution in [1.82, 2.24) is 4.98 Å². The van der Waals surface area contributed by atoms with Crippen LogP contribution >= 0.6 is 0 Å². The number of benzene rings is 2. The van der Waals surface area contributed by atoms with Crippen LogP contribution in [0.4, 0.5) is 10.1 Å². The molecule has 28 heavy (non-hydrogen) atoms. The van der Waals surface area contributed by atoms with E-state index in [-0.39, 0.29) is 22.6 Å². The number of halogens is 1. The van der Waals surface area contributed by atoms with Gasteiger partial charge in [0.1, 0.15) is 16.9 Å². The highest BCUT2D eigenvalue weighted by Crippen LogP contribution is 2.35. The zero-order valence-corrected chi connectivity index (χ0v) is 15.9. The van der Waals surface area contributed by atoms with Gasteiger partial charge < -0.3 is 9.84 Å². The third kappa shape index (κ3) is 4.20. The highest BCUT2D eigenvalue weighted by Gasteiger charge is 2.20. The molecule has 0 saturated heterocycles. The van der Waals surface area contributed by atoms with Crippen molar-refractivity contribution in [3.05, 3.63) is 65.1 Å². The number of anilines is 1. The highest BCUT2D eigenvalue weighted by molar-refractivity contribution is 7.92. The molecule has 0 aliphatic rings. The van der Waals surface area contributed by atoms with E-state index in [1.165, 1.54) is 24.4 Å². The fraction of sp³-hybridized carbons (Fsp3) is 0.158. The number of hydrogen-bond acceptors (Lipinski definition) is 6. The van der Waals surface area contributed by atoms with Crippen molar-refractivity contribution in [1.29, 1.82) is 0 Å². The number of carbonyl (C=O) groups excluding carboxylic acids is 1. The van der Waals surface area contributed by atoms with Gasteiger partial charge in [-0.05, 0) is 41.8 Å². The number of ether oxygens (including phenoxy) is 1. The van der Waals surface area contributed by atoms with Crippen molar-refractivity contribution in [2.45, 2.75) is 6.42 Å². The Bertz CT molecular complexity index is 1160. The second-order valence-corrected chi connectivity index (χ2v) is 7.98. The summed E-state index contributed by atoms with van der Waals surface area (Å²) in [5, 5.41) is 10.7. The van der Waals surface area contributed by atoms with E-state index in [0.717, 1.165) is 18.9 Å². The minimum atomic E-state index is -3.66. The van der Waals surface area contributed by atoms with E-state index in [9.17, 15) is 22.7 Å². The SMILES string of the molecule is COC(=O)c1cc(NS(C)(=O)=O)c2cc(Cc3ccc(F)cc3)cnc2c1O. The molecule has 0 saturated carbocycles. The number of carbonyl (C=O) groups is 1. The molecular weight excluding hydrogens is 387 g/mol. The molecule has 7 nitrogen and oxygen atoms in total. The minimum absolute atomic E-state index is 0.0527. The largest absolute Gasteiger partial charge is 0.505 e. The predicted octanol–water partition coefficient (Wildman–Crippen LogP) is 2.83. The first-order valence-electron chi connectivity index (χ1n) is 8.13. The lowest BCUT2D eigenvalue weighted by atomic mass is 10.0. The van der Waals surface area contributed by atoms with Gasteiger partial charge in [-0.15, -0.1) is 0 Å². The number of pyridine rings is 1. The molecule has 2 N–H and O–H groups in total. The Hall–Kier alpha value is -3.20. The monoisotopic (exact) mass is 404 g/mol. The Labute approximate surface area is 160 Å². The molecule has 0 unspecified atom stereocenters. The molecule has 0 bridgehead atoms. The van der Waals surface area contributed by atoms with Gasteiger partial charge in [0.2, 0.25) is 10.0 Å². The van der Waals surface area contributed by atoms with Crippen molar-refractivity contribution in [3.8, 4) is 5.75 Å². The molecule has 0 aliphatic heterocycles.